The van der Waals surface area contributed by atoms with Crippen LogP contribution in [0.4, 0.5) is 5.69 Å². The van der Waals surface area contributed by atoms with E-state index in [1.807, 2.05) is 30.3 Å². The molecule has 0 saturated heterocycles. The quantitative estimate of drug-likeness (QED) is 0.522. The molecule has 2 aromatic rings. The van der Waals surface area contributed by atoms with Crippen LogP contribution in [0.1, 0.15) is 11.1 Å². The molecule has 0 atom stereocenters. The first-order chi connectivity index (χ1) is 10.6. The molecule has 2 aromatic carbocycles. The van der Waals surface area contributed by atoms with Crippen LogP contribution in [0.2, 0.25) is 5.02 Å². The van der Waals surface area contributed by atoms with Gasteiger partial charge in [0.2, 0.25) is 5.91 Å². The highest BCUT2D eigenvalue weighted by atomic mass is 35.5. The van der Waals surface area contributed by atoms with Crippen molar-refractivity contribution in [3.8, 4) is 0 Å². The van der Waals surface area contributed by atoms with Crippen molar-refractivity contribution in [2.24, 2.45) is 5.10 Å². The lowest BCUT2D eigenvalue weighted by Gasteiger charge is -2.00. The summed E-state index contributed by atoms with van der Waals surface area (Å²) in [4.78, 5) is 21.9. The molecule has 1 amide bonds. The van der Waals surface area contributed by atoms with Gasteiger partial charge in [-0.1, -0.05) is 48.0 Å². The van der Waals surface area contributed by atoms with Crippen LogP contribution in [0.25, 0.3) is 0 Å². The highest BCUT2D eigenvalue weighted by Gasteiger charge is 2.11. The maximum atomic E-state index is 11.7. The number of carbonyl (C=O) groups excluding carboxylic acids is 1. The summed E-state index contributed by atoms with van der Waals surface area (Å²) in [6.07, 6.45) is 1.53. The molecule has 0 unspecified atom stereocenters. The molecule has 0 aliphatic carbocycles. The zero-order valence-electron chi connectivity index (χ0n) is 11.4. The summed E-state index contributed by atoms with van der Waals surface area (Å²) in [5.74, 6) is -0.272. The van der Waals surface area contributed by atoms with Crippen molar-refractivity contribution in [3.05, 3.63) is 74.8 Å². The van der Waals surface area contributed by atoms with E-state index in [1.165, 1.54) is 18.3 Å². The lowest BCUT2D eigenvalue weighted by atomic mass is 10.1. The topological polar surface area (TPSA) is 84.6 Å². The Morgan fingerprint density at radius 3 is 2.68 bits per heavy atom. The van der Waals surface area contributed by atoms with Gasteiger partial charge in [0.25, 0.3) is 5.69 Å². The number of carbonyl (C=O) groups is 1. The van der Waals surface area contributed by atoms with Crippen LogP contribution in [-0.2, 0) is 11.2 Å². The second-order valence-corrected chi connectivity index (χ2v) is 4.83. The van der Waals surface area contributed by atoms with E-state index in [0.29, 0.717) is 5.56 Å². The van der Waals surface area contributed by atoms with Crippen LogP contribution in [0.15, 0.2) is 53.6 Å². The Kier molecular flexibility index (Phi) is 5.21. The second kappa shape index (κ2) is 7.33. The Labute approximate surface area is 131 Å². The fourth-order valence-electron chi connectivity index (χ4n) is 1.75. The molecule has 7 heteroatoms. The molecule has 0 saturated carbocycles. The summed E-state index contributed by atoms with van der Waals surface area (Å²) in [6.45, 7) is 0. The van der Waals surface area contributed by atoms with Gasteiger partial charge in [0.15, 0.2) is 0 Å². The molecule has 2 rings (SSSR count). The van der Waals surface area contributed by atoms with Crippen LogP contribution in [0.5, 0.6) is 0 Å². The Balaban J connectivity index is 1.96. The second-order valence-electron chi connectivity index (χ2n) is 4.42. The molecule has 0 radical (unpaired) electrons. The highest BCUT2D eigenvalue weighted by Crippen LogP contribution is 2.24. The minimum absolute atomic E-state index is 0.0512. The molecule has 1 N–H and O–H groups in total. The van der Waals surface area contributed by atoms with E-state index in [1.54, 1.807) is 6.07 Å². The Morgan fingerprint density at radius 2 is 2.00 bits per heavy atom. The van der Waals surface area contributed by atoms with E-state index in [9.17, 15) is 14.9 Å². The lowest BCUT2D eigenvalue weighted by molar-refractivity contribution is -0.384. The van der Waals surface area contributed by atoms with Crippen molar-refractivity contribution in [3.63, 3.8) is 0 Å². The van der Waals surface area contributed by atoms with Gasteiger partial charge in [-0.25, -0.2) is 5.43 Å². The summed E-state index contributed by atoms with van der Waals surface area (Å²) in [6, 6.07) is 13.5. The van der Waals surface area contributed by atoms with Gasteiger partial charge < -0.3 is 0 Å². The van der Waals surface area contributed by atoms with Gasteiger partial charge in [0.1, 0.15) is 5.02 Å². The van der Waals surface area contributed by atoms with E-state index in [2.05, 4.69) is 10.5 Å². The molecule has 0 spiro atoms. The summed E-state index contributed by atoms with van der Waals surface area (Å²) in [5, 5.41) is 14.6. The lowest BCUT2D eigenvalue weighted by Crippen LogP contribution is -2.19. The van der Waals surface area contributed by atoms with E-state index in [4.69, 9.17) is 11.6 Å². The van der Waals surface area contributed by atoms with E-state index in [0.717, 1.165) is 5.56 Å². The summed E-state index contributed by atoms with van der Waals surface area (Å²) >= 11 is 5.71. The molecular formula is C15H12ClN3O3. The third kappa shape index (κ3) is 4.39. The number of hydrogen-bond donors (Lipinski definition) is 1. The molecule has 0 aliphatic heterocycles. The van der Waals surface area contributed by atoms with Gasteiger partial charge in [-0.2, -0.15) is 5.10 Å². The molecule has 0 aromatic heterocycles. The van der Waals surface area contributed by atoms with Crippen LogP contribution >= 0.6 is 11.6 Å². The van der Waals surface area contributed by atoms with Crippen molar-refractivity contribution >= 4 is 29.4 Å². The highest BCUT2D eigenvalue weighted by molar-refractivity contribution is 6.32. The maximum absolute atomic E-state index is 11.7. The fourth-order valence-corrected chi connectivity index (χ4v) is 1.94. The first-order valence-corrected chi connectivity index (χ1v) is 6.74. The minimum Gasteiger partial charge on any atom is -0.273 e. The predicted octanol–water partition coefficient (Wildman–Crippen LogP) is 2.94. The summed E-state index contributed by atoms with van der Waals surface area (Å²) in [5.41, 5.74) is 3.50. The normalized spacial score (nSPS) is 10.6. The van der Waals surface area contributed by atoms with Crippen molar-refractivity contribution in [1.29, 1.82) is 0 Å². The molecule has 22 heavy (non-hydrogen) atoms. The van der Waals surface area contributed by atoms with Crippen LogP contribution in [-0.4, -0.2) is 17.0 Å². The number of benzene rings is 2. The van der Waals surface area contributed by atoms with Gasteiger partial charge >= 0.3 is 0 Å². The van der Waals surface area contributed by atoms with Crippen molar-refractivity contribution in [2.45, 2.75) is 6.42 Å². The number of hydrazone groups is 1. The maximum Gasteiger partial charge on any atom is 0.288 e. The van der Waals surface area contributed by atoms with Crippen molar-refractivity contribution < 1.29 is 9.72 Å². The first-order valence-electron chi connectivity index (χ1n) is 6.36. The average Bonchev–Trinajstić information content (AvgIpc) is 2.49. The van der Waals surface area contributed by atoms with Crippen LogP contribution in [0, 0.1) is 10.1 Å². The molecule has 0 fully saturated rings. The number of rotatable bonds is 5. The number of nitro groups is 1. The summed E-state index contributed by atoms with van der Waals surface area (Å²) < 4.78 is 0. The SMILES string of the molecule is O=C(Cc1ccccc1)NN=Cc1ccc(Cl)c([N+](=O)[O-])c1. The number of nitrogens with zero attached hydrogens (tertiary/aromatic N) is 2. The third-order valence-electron chi connectivity index (χ3n) is 2.78. The number of nitro benzene ring substituents is 1. The Hall–Kier alpha value is -2.73. The number of amides is 1. The first kappa shape index (κ1) is 15.7. The van der Waals surface area contributed by atoms with Crippen LogP contribution in [0.3, 0.4) is 0 Å². The van der Waals surface area contributed by atoms with E-state index < -0.39 is 4.92 Å². The zero-order chi connectivity index (χ0) is 15.9. The monoisotopic (exact) mass is 317 g/mol. The van der Waals surface area contributed by atoms with E-state index >= 15 is 0 Å². The average molecular weight is 318 g/mol. The van der Waals surface area contributed by atoms with Gasteiger partial charge in [-0.05, 0) is 11.6 Å². The molecule has 0 bridgehead atoms. The van der Waals surface area contributed by atoms with Gasteiger partial charge in [0.05, 0.1) is 17.6 Å². The van der Waals surface area contributed by atoms with E-state index in [-0.39, 0.29) is 23.0 Å². The number of hydrogen-bond acceptors (Lipinski definition) is 4. The van der Waals surface area contributed by atoms with Gasteiger partial charge in [0, 0.05) is 11.6 Å². The third-order valence-corrected chi connectivity index (χ3v) is 3.10. The summed E-state index contributed by atoms with van der Waals surface area (Å²) in [7, 11) is 0. The van der Waals surface area contributed by atoms with Crippen LogP contribution < -0.4 is 5.43 Å². The minimum atomic E-state index is -0.576. The molecule has 6 nitrogen and oxygen atoms in total. The Morgan fingerprint density at radius 1 is 1.27 bits per heavy atom. The zero-order valence-corrected chi connectivity index (χ0v) is 12.2. The van der Waals surface area contributed by atoms with Crippen molar-refractivity contribution in [2.75, 3.05) is 0 Å². The number of halogens is 1. The molecule has 0 heterocycles. The van der Waals surface area contributed by atoms with Gasteiger partial charge in [-0.15, -0.1) is 0 Å². The van der Waals surface area contributed by atoms with Crippen molar-refractivity contribution in [1.82, 2.24) is 5.43 Å². The fraction of sp³-hybridized carbons (Fsp3) is 0.0667. The smallest absolute Gasteiger partial charge is 0.273 e. The number of nitrogens with one attached hydrogen (secondary N) is 1. The molecular weight excluding hydrogens is 306 g/mol. The Bertz CT molecular complexity index is 717. The largest absolute Gasteiger partial charge is 0.288 e. The van der Waals surface area contributed by atoms with Gasteiger partial charge in [-0.3, -0.25) is 14.9 Å². The predicted molar refractivity (Wildman–Crippen MR) is 84.0 cm³/mol. The molecule has 112 valence electrons. The molecule has 0 aliphatic rings. The standard InChI is InChI=1S/C15H12ClN3O3/c16-13-7-6-12(8-14(13)19(21)22)10-17-18-15(20)9-11-4-2-1-3-5-11/h1-8,10H,9H2,(H,18,20).